The first-order valence-electron chi connectivity index (χ1n) is 8.05. The van der Waals surface area contributed by atoms with Crippen LogP contribution in [0.1, 0.15) is 21.5 Å². The molecule has 1 aromatic carbocycles. The molecule has 142 valence electrons. The fourth-order valence-electron chi connectivity index (χ4n) is 2.23. The van der Waals surface area contributed by atoms with Crippen molar-refractivity contribution in [1.82, 2.24) is 15.7 Å². The van der Waals surface area contributed by atoms with Gasteiger partial charge in [0.15, 0.2) is 6.04 Å². The first kappa shape index (κ1) is 20.3. The van der Waals surface area contributed by atoms with Crippen LogP contribution < -0.4 is 10.8 Å². The van der Waals surface area contributed by atoms with Crippen LogP contribution in [0.5, 0.6) is 0 Å². The van der Waals surface area contributed by atoms with Crippen molar-refractivity contribution in [2.75, 3.05) is 14.1 Å². The van der Waals surface area contributed by atoms with Crippen LogP contribution in [0.15, 0.2) is 47.3 Å². The van der Waals surface area contributed by atoms with E-state index in [1.807, 2.05) is 0 Å². The lowest BCUT2D eigenvalue weighted by atomic mass is 10.1. The minimum Gasteiger partial charge on any atom is -0.471 e. The lowest BCUT2D eigenvalue weighted by Gasteiger charge is -2.25. The van der Waals surface area contributed by atoms with E-state index in [1.54, 1.807) is 18.2 Å². The average Bonchev–Trinajstić information content (AvgIpc) is 3.24. The number of hydrogen-bond acceptors (Lipinski definition) is 5. The van der Waals surface area contributed by atoms with Crippen molar-refractivity contribution in [1.29, 1.82) is 0 Å². The van der Waals surface area contributed by atoms with Crippen molar-refractivity contribution in [3.8, 4) is 23.7 Å². The number of benzene rings is 1. The molecule has 28 heavy (non-hydrogen) atoms. The van der Waals surface area contributed by atoms with E-state index in [9.17, 15) is 14.4 Å². The largest absolute Gasteiger partial charge is 0.471 e. The molecule has 1 aromatic heterocycles. The molecule has 3 amide bonds. The molecular weight excluding hydrogens is 362 g/mol. The van der Waals surface area contributed by atoms with Gasteiger partial charge in [-0.05, 0) is 48.1 Å². The molecule has 0 saturated carbocycles. The van der Waals surface area contributed by atoms with Gasteiger partial charge in [-0.1, -0.05) is 5.92 Å². The van der Waals surface area contributed by atoms with Gasteiger partial charge in [0.05, 0.1) is 11.8 Å². The van der Waals surface area contributed by atoms with E-state index >= 15 is 0 Å². The average molecular weight is 379 g/mol. The number of rotatable bonds is 4. The Morgan fingerprint density at radius 3 is 2.21 bits per heavy atom. The molecule has 8 nitrogen and oxygen atoms in total. The van der Waals surface area contributed by atoms with Crippen LogP contribution in [0.25, 0.3) is 0 Å². The Bertz CT molecular complexity index is 957. The van der Waals surface area contributed by atoms with Crippen molar-refractivity contribution < 1.29 is 24.0 Å². The van der Waals surface area contributed by atoms with Crippen molar-refractivity contribution in [2.24, 2.45) is 0 Å². The maximum absolute atomic E-state index is 12.5. The topological polar surface area (TPSA) is 112 Å². The zero-order valence-electron chi connectivity index (χ0n) is 15.1. The Balaban J connectivity index is 2.12. The summed E-state index contributed by atoms with van der Waals surface area (Å²) in [4.78, 5) is 37.1. The van der Waals surface area contributed by atoms with E-state index < -0.39 is 23.8 Å². The number of nitrogens with zero attached hydrogens (tertiary/aromatic N) is 1. The maximum Gasteiger partial charge on any atom is 0.275 e. The van der Waals surface area contributed by atoms with Gasteiger partial charge in [0, 0.05) is 25.2 Å². The Labute approximate surface area is 161 Å². The Morgan fingerprint density at radius 1 is 1.04 bits per heavy atom. The van der Waals surface area contributed by atoms with Crippen molar-refractivity contribution in [3.63, 3.8) is 0 Å². The molecule has 0 saturated heterocycles. The van der Waals surface area contributed by atoms with Crippen LogP contribution in [0.2, 0.25) is 0 Å². The maximum atomic E-state index is 12.5. The molecule has 2 rings (SSSR count). The van der Waals surface area contributed by atoms with Crippen molar-refractivity contribution in [2.45, 2.75) is 6.04 Å². The summed E-state index contributed by atoms with van der Waals surface area (Å²) in [7, 11) is 2.61. The second-order valence-electron chi connectivity index (χ2n) is 5.50. The molecule has 0 aliphatic rings. The first-order chi connectivity index (χ1) is 13.5. The van der Waals surface area contributed by atoms with Crippen LogP contribution >= 0.6 is 0 Å². The first-order valence-corrected chi connectivity index (χ1v) is 8.05. The van der Waals surface area contributed by atoms with Crippen molar-refractivity contribution >= 4 is 17.7 Å². The number of nitrogens with one attached hydrogen (secondary N) is 2. The standard InChI is InChI=1S/C20H17N3O5/c1-21-18(24)17(19(25)22-27)23(2)20(26)16-9-7-14(8-10-16)5-3-4-6-15-11-12-28-13-15/h7-13,17,27H,1-2H3,(H,21,24)(H,22,25)/t17-/m0/s1. The zero-order valence-corrected chi connectivity index (χ0v) is 15.1. The molecule has 3 N–H and O–H groups in total. The molecule has 0 unspecified atom stereocenters. The van der Waals surface area contributed by atoms with Crippen LogP contribution in [-0.4, -0.2) is 48.0 Å². The molecule has 0 fully saturated rings. The molecule has 1 atom stereocenters. The molecule has 0 bridgehead atoms. The third-order valence-electron chi connectivity index (χ3n) is 3.69. The van der Waals surface area contributed by atoms with Gasteiger partial charge in [-0.3, -0.25) is 19.6 Å². The Morgan fingerprint density at radius 2 is 1.68 bits per heavy atom. The quantitative estimate of drug-likeness (QED) is 0.308. The lowest BCUT2D eigenvalue weighted by Crippen LogP contribution is -2.54. The number of carbonyl (C=O) groups excluding carboxylic acids is 3. The second kappa shape index (κ2) is 9.62. The summed E-state index contributed by atoms with van der Waals surface area (Å²) in [6, 6.07) is 6.48. The van der Waals surface area contributed by atoms with Gasteiger partial charge in [-0.15, -0.1) is 0 Å². The van der Waals surface area contributed by atoms with Crippen LogP contribution in [0.3, 0.4) is 0 Å². The van der Waals surface area contributed by atoms with Crippen LogP contribution in [-0.2, 0) is 9.59 Å². The van der Waals surface area contributed by atoms with Gasteiger partial charge in [-0.25, -0.2) is 5.48 Å². The van der Waals surface area contributed by atoms with Crippen molar-refractivity contribution in [3.05, 3.63) is 59.5 Å². The van der Waals surface area contributed by atoms with Gasteiger partial charge in [-0.2, -0.15) is 0 Å². The highest BCUT2D eigenvalue weighted by Crippen LogP contribution is 2.09. The minimum absolute atomic E-state index is 0.247. The summed E-state index contributed by atoms with van der Waals surface area (Å²) in [5, 5.41) is 11.1. The fraction of sp³-hybridized carbons (Fsp3) is 0.150. The second-order valence-corrected chi connectivity index (χ2v) is 5.50. The van der Waals surface area contributed by atoms with E-state index in [-0.39, 0.29) is 5.56 Å². The van der Waals surface area contributed by atoms with E-state index in [1.165, 1.54) is 44.2 Å². The predicted molar refractivity (Wildman–Crippen MR) is 98.8 cm³/mol. The summed E-state index contributed by atoms with van der Waals surface area (Å²) in [5.41, 5.74) is 2.99. The third kappa shape index (κ3) is 5.01. The van der Waals surface area contributed by atoms with Gasteiger partial charge >= 0.3 is 0 Å². The summed E-state index contributed by atoms with van der Waals surface area (Å²) in [5.74, 6) is 8.70. The highest BCUT2D eigenvalue weighted by Gasteiger charge is 2.33. The third-order valence-corrected chi connectivity index (χ3v) is 3.69. The van der Waals surface area contributed by atoms with E-state index in [2.05, 4.69) is 29.0 Å². The van der Waals surface area contributed by atoms with Crippen LogP contribution in [0, 0.1) is 23.7 Å². The molecular formula is C20H17N3O5. The molecule has 2 aromatic rings. The minimum atomic E-state index is -1.51. The number of amides is 3. The predicted octanol–water partition coefficient (Wildman–Crippen LogP) is 0.375. The monoisotopic (exact) mass is 379 g/mol. The highest BCUT2D eigenvalue weighted by molar-refractivity contribution is 6.08. The molecule has 0 spiro atoms. The Hall–Kier alpha value is -4.01. The number of likely N-dealkylation sites (N-methyl/N-ethyl adjacent to an activating group) is 2. The van der Waals surface area contributed by atoms with Gasteiger partial charge in [0.2, 0.25) is 0 Å². The number of furan rings is 1. The van der Waals surface area contributed by atoms with E-state index in [0.717, 1.165) is 10.5 Å². The number of hydrogen-bond donors (Lipinski definition) is 3. The lowest BCUT2D eigenvalue weighted by molar-refractivity contribution is -0.140. The van der Waals surface area contributed by atoms with E-state index in [4.69, 9.17) is 9.62 Å². The summed E-state index contributed by atoms with van der Waals surface area (Å²) >= 11 is 0. The van der Waals surface area contributed by atoms with Gasteiger partial charge in [0.25, 0.3) is 17.7 Å². The smallest absolute Gasteiger partial charge is 0.275 e. The fourth-order valence-corrected chi connectivity index (χ4v) is 2.23. The van der Waals surface area contributed by atoms with Gasteiger partial charge in [0.1, 0.15) is 6.26 Å². The Kier molecular flexibility index (Phi) is 6.98. The summed E-state index contributed by atoms with van der Waals surface area (Å²) in [6.07, 6.45) is 3.03. The summed E-state index contributed by atoms with van der Waals surface area (Å²) in [6.45, 7) is 0. The van der Waals surface area contributed by atoms with Crippen LogP contribution in [0.4, 0.5) is 0 Å². The zero-order chi connectivity index (χ0) is 20.5. The number of carbonyl (C=O) groups is 3. The summed E-state index contributed by atoms with van der Waals surface area (Å²) < 4.78 is 4.89. The molecule has 0 radical (unpaired) electrons. The van der Waals surface area contributed by atoms with E-state index in [0.29, 0.717) is 5.56 Å². The molecule has 8 heteroatoms. The molecule has 0 aliphatic heterocycles. The number of hydroxylamine groups is 1. The van der Waals surface area contributed by atoms with Gasteiger partial charge < -0.3 is 14.6 Å². The normalized spacial score (nSPS) is 10.4. The molecule has 0 aliphatic carbocycles. The SMILES string of the molecule is CNC(=O)[C@@H](C(=O)NO)N(C)C(=O)c1ccc(C#CC#Cc2ccoc2)cc1. The molecule has 1 heterocycles. The highest BCUT2D eigenvalue weighted by atomic mass is 16.5.